The molecule has 3 aromatic rings. The molecule has 1 aliphatic heterocycles. The van der Waals surface area contributed by atoms with Crippen molar-refractivity contribution in [2.75, 3.05) is 52.3 Å². The van der Waals surface area contributed by atoms with Crippen molar-refractivity contribution in [3.63, 3.8) is 0 Å². The van der Waals surface area contributed by atoms with E-state index in [9.17, 15) is 9.90 Å². The van der Waals surface area contributed by atoms with Gasteiger partial charge in [0, 0.05) is 69.5 Å². The quantitative estimate of drug-likeness (QED) is 0.618. The molecule has 168 valence electrons. The molecule has 0 unspecified atom stereocenters. The smallest absolute Gasteiger partial charge is 0.254 e. The van der Waals surface area contributed by atoms with Crippen LogP contribution in [0.4, 0.5) is 5.82 Å². The third-order valence-electron chi connectivity index (χ3n) is 6.12. The second kappa shape index (κ2) is 9.63. The van der Waals surface area contributed by atoms with E-state index in [1.807, 2.05) is 56.7 Å². The van der Waals surface area contributed by atoms with Crippen LogP contribution >= 0.6 is 0 Å². The predicted octanol–water partition coefficient (Wildman–Crippen LogP) is 2.75. The van der Waals surface area contributed by atoms with Crippen molar-refractivity contribution in [2.24, 2.45) is 0 Å². The number of carbonyl (C=O) groups excluding carboxylic acids is 1. The van der Waals surface area contributed by atoms with Gasteiger partial charge in [0.15, 0.2) is 0 Å². The fourth-order valence-electron chi connectivity index (χ4n) is 4.45. The molecule has 7 heteroatoms. The molecule has 0 bridgehead atoms. The maximum Gasteiger partial charge on any atom is 0.254 e. The highest BCUT2D eigenvalue weighted by molar-refractivity contribution is 6.06. The van der Waals surface area contributed by atoms with Gasteiger partial charge in [-0.1, -0.05) is 24.3 Å². The summed E-state index contributed by atoms with van der Waals surface area (Å²) in [6, 6.07) is 13.9. The van der Waals surface area contributed by atoms with Crippen LogP contribution in [0.3, 0.4) is 0 Å². The van der Waals surface area contributed by atoms with Gasteiger partial charge in [-0.2, -0.15) is 0 Å². The summed E-state index contributed by atoms with van der Waals surface area (Å²) in [5.41, 5.74) is 3.67. The van der Waals surface area contributed by atoms with Gasteiger partial charge in [0.2, 0.25) is 0 Å². The molecule has 3 heterocycles. The number of nitrogens with zero attached hydrogens (tertiary/aromatic N) is 5. The van der Waals surface area contributed by atoms with Crippen LogP contribution < -0.4 is 4.90 Å². The molecule has 32 heavy (non-hydrogen) atoms. The highest BCUT2D eigenvalue weighted by atomic mass is 16.3. The topological polar surface area (TPSA) is 72.8 Å². The molecule has 0 radical (unpaired) electrons. The lowest BCUT2D eigenvalue weighted by Crippen LogP contribution is -2.30. The summed E-state index contributed by atoms with van der Waals surface area (Å²) < 4.78 is 0. The second-order valence-electron chi connectivity index (χ2n) is 8.66. The molecule has 1 atom stereocenters. The lowest BCUT2D eigenvalue weighted by Gasteiger charge is -2.21. The van der Waals surface area contributed by atoms with E-state index in [-0.39, 0.29) is 18.4 Å². The SMILES string of the molecule is CN(CCO)C(=O)c1cc([C@H]2CCN(Cc3cccnc3N(C)C)C2)nc2ccccc12. The Morgan fingerprint density at radius 3 is 2.78 bits per heavy atom. The molecule has 1 aromatic carbocycles. The minimum absolute atomic E-state index is 0.0566. The number of benzene rings is 1. The fraction of sp³-hybridized carbons (Fsp3) is 0.400. The number of aliphatic hydroxyl groups is 1. The van der Waals surface area contributed by atoms with Gasteiger partial charge in [-0.3, -0.25) is 14.7 Å². The number of anilines is 1. The second-order valence-corrected chi connectivity index (χ2v) is 8.66. The van der Waals surface area contributed by atoms with Crippen LogP contribution in [0.5, 0.6) is 0 Å². The van der Waals surface area contributed by atoms with Crippen molar-refractivity contribution in [2.45, 2.75) is 18.9 Å². The minimum atomic E-state index is -0.0836. The molecular formula is C25H31N5O2. The number of hydrogen-bond acceptors (Lipinski definition) is 6. The molecule has 1 amide bonds. The molecule has 7 nitrogen and oxygen atoms in total. The highest BCUT2D eigenvalue weighted by Gasteiger charge is 2.27. The van der Waals surface area contributed by atoms with Crippen LogP contribution in [0.1, 0.15) is 34.0 Å². The lowest BCUT2D eigenvalue weighted by atomic mass is 9.99. The number of aliphatic hydroxyl groups excluding tert-OH is 1. The number of likely N-dealkylation sites (N-methyl/N-ethyl adjacent to an activating group) is 1. The molecular weight excluding hydrogens is 402 g/mol. The Morgan fingerprint density at radius 2 is 2.00 bits per heavy atom. The van der Waals surface area contributed by atoms with E-state index in [0.717, 1.165) is 48.5 Å². The van der Waals surface area contributed by atoms with Crippen molar-refractivity contribution in [3.8, 4) is 0 Å². The predicted molar refractivity (Wildman–Crippen MR) is 127 cm³/mol. The summed E-state index contributed by atoms with van der Waals surface area (Å²) in [7, 11) is 5.76. The van der Waals surface area contributed by atoms with Crippen LogP contribution in [-0.4, -0.2) is 78.2 Å². The van der Waals surface area contributed by atoms with E-state index >= 15 is 0 Å². The number of pyridine rings is 2. The monoisotopic (exact) mass is 433 g/mol. The molecule has 1 aliphatic rings. The Labute approximate surface area is 189 Å². The number of aromatic nitrogens is 2. The van der Waals surface area contributed by atoms with Gasteiger partial charge in [0.25, 0.3) is 5.91 Å². The number of para-hydroxylation sites is 1. The Kier molecular flexibility index (Phi) is 6.67. The van der Waals surface area contributed by atoms with Crippen molar-refractivity contribution < 1.29 is 9.90 Å². The normalized spacial score (nSPS) is 16.4. The standard InChI is InChI=1S/C25H31N5O2/c1-28(2)24-19(7-6-11-26-24)17-30-12-10-18(16-30)23-15-21(25(32)29(3)13-14-31)20-8-4-5-9-22(20)27-23/h4-9,11,15,18,31H,10,12-14,16-17H2,1-3H3/t18-/m0/s1. The van der Waals surface area contributed by atoms with E-state index in [4.69, 9.17) is 4.98 Å². The van der Waals surface area contributed by atoms with Gasteiger partial charge in [0.05, 0.1) is 17.7 Å². The zero-order valence-corrected chi connectivity index (χ0v) is 19.0. The number of carbonyl (C=O) groups is 1. The largest absolute Gasteiger partial charge is 0.395 e. The average Bonchev–Trinajstić information content (AvgIpc) is 3.26. The van der Waals surface area contributed by atoms with E-state index in [1.54, 1.807) is 11.9 Å². The molecule has 1 N–H and O–H groups in total. The highest BCUT2D eigenvalue weighted by Crippen LogP contribution is 2.31. The Balaban J connectivity index is 1.59. The zero-order valence-electron chi connectivity index (χ0n) is 19.0. The molecule has 4 rings (SSSR count). The van der Waals surface area contributed by atoms with Crippen LogP contribution in [-0.2, 0) is 6.54 Å². The third kappa shape index (κ3) is 4.59. The van der Waals surface area contributed by atoms with Crippen molar-refractivity contribution in [1.29, 1.82) is 0 Å². The number of rotatable bonds is 7. The molecule has 2 aromatic heterocycles. The maximum atomic E-state index is 13.1. The summed E-state index contributed by atoms with van der Waals surface area (Å²) in [6.07, 6.45) is 2.83. The molecule has 0 saturated carbocycles. The van der Waals surface area contributed by atoms with E-state index in [2.05, 4.69) is 20.9 Å². The van der Waals surface area contributed by atoms with Crippen molar-refractivity contribution in [3.05, 3.63) is 65.5 Å². The Morgan fingerprint density at radius 1 is 1.19 bits per heavy atom. The van der Waals surface area contributed by atoms with E-state index < -0.39 is 0 Å². The van der Waals surface area contributed by atoms with Crippen molar-refractivity contribution >= 4 is 22.6 Å². The van der Waals surface area contributed by atoms with Gasteiger partial charge in [-0.05, 0) is 31.2 Å². The number of fused-ring (bicyclic) bond motifs is 1. The number of likely N-dealkylation sites (tertiary alicyclic amines) is 1. The van der Waals surface area contributed by atoms with E-state index in [0.29, 0.717) is 12.1 Å². The molecule has 1 fully saturated rings. The summed E-state index contributed by atoms with van der Waals surface area (Å²) in [5, 5.41) is 10.1. The lowest BCUT2D eigenvalue weighted by molar-refractivity contribution is 0.0768. The minimum Gasteiger partial charge on any atom is -0.395 e. The summed E-state index contributed by atoms with van der Waals surface area (Å²) >= 11 is 0. The molecule has 0 spiro atoms. The van der Waals surface area contributed by atoms with E-state index in [1.165, 1.54) is 5.56 Å². The van der Waals surface area contributed by atoms with Gasteiger partial charge in [-0.25, -0.2) is 4.98 Å². The summed E-state index contributed by atoms with van der Waals surface area (Å²) in [5.74, 6) is 1.19. The van der Waals surface area contributed by atoms with Gasteiger partial charge < -0.3 is 14.9 Å². The first-order valence-corrected chi connectivity index (χ1v) is 11.1. The summed E-state index contributed by atoms with van der Waals surface area (Å²) in [4.78, 5) is 28.6. The van der Waals surface area contributed by atoms with Gasteiger partial charge in [-0.15, -0.1) is 0 Å². The van der Waals surface area contributed by atoms with Crippen LogP contribution in [0, 0.1) is 0 Å². The zero-order chi connectivity index (χ0) is 22.7. The summed E-state index contributed by atoms with van der Waals surface area (Å²) in [6.45, 7) is 2.97. The average molecular weight is 434 g/mol. The Hall–Kier alpha value is -3.03. The maximum absolute atomic E-state index is 13.1. The van der Waals surface area contributed by atoms with Crippen LogP contribution in [0.15, 0.2) is 48.7 Å². The van der Waals surface area contributed by atoms with Gasteiger partial charge in [0.1, 0.15) is 5.82 Å². The van der Waals surface area contributed by atoms with Crippen molar-refractivity contribution in [1.82, 2.24) is 19.8 Å². The first-order chi connectivity index (χ1) is 15.5. The fourth-order valence-corrected chi connectivity index (χ4v) is 4.45. The van der Waals surface area contributed by atoms with Crippen LogP contribution in [0.25, 0.3) is 10.9 Å². The molecule has 1 saturated heterocycles. The first-order valence-electron chi connectivity index (χ1n) is 11.1. The third-order valence-corrected chi connectivity index (χ3v) is 6.12. The number of hydrogen-bond donors (Lipinski definition) is 1. The first kappa shape index (κ1) is 22.2. The molecule has 0 aliphatic carbocycles. The number of amides is 1. The Bertz CT molecular complexity index is 1100. The van der Waals surface area contributed by atoms with Crippen LogP contribution in [0.2, 0.25) is 0 Å². The van der Waals surface area contributed by atoms with Gasteiger partial charge >= 0.3 is 0 Å².